The summed E-state index contributed by atoms with van der Waals surface area (Å²) in [5.74, 6) is 0.246. The summed E-state index contributed by atoms with van der Waals surface area (Å²) in [7, 11) is 0. The summed E-state index contributed by atoms with van der Waals surface area (Å²) in [6, 6.07) is 0.423. The topological polar surface area (TPSA) is 52.6 Å². The van der Waals surface area contributed by atoms with E-state index in [2.05, 4.69) is 5.32 Å². The molecular weight excluding hydrogens is 216 g/mol. The molecule has 4 heteroatoms. The first-order valence-electron chi connectivity index (χ1n) is 6.95. The molecule has 2 aliphatic rings. The fraction of sp³-hybridized carbons (Fsp3) is 0.923. The molecule has 4 nitrogen and oxygen atoms in total. The zero-order valence-corrected chi connectivity index (χ0v) is 10.5. The van der Waals surface area contributed by atoms with Gasteiger partial charge in [-0.05, 0) is 44.9 Å². The number of rotatable bonds is 3. The highest BCUT2D eigenvalue weighted by Gasteiger charge is 2.21. The van der Waals surface area contributed by atoms with Gasteiger partial charge in [0.05, 0.1) is 12.6 Å². The van der Waals surface area contributed by atoms with Crippen LogP contribution in [0.4, 0.5) is 0 Å². The Bertz CT molecular complexity index is 244. The van der Waals surface area contributed by atoms with Gasteiger partial charge in [-0.25, -0.2) is 0 Å². The molecule has 0 atom stereocenters. The van der Waals surface area contributed by atoms with Crippen molar-refractivity contribution in [3.63, 3.8) is 0 Å². The SMILES string of the molecule is O=C(CNC1CCC(O)CC1)N1CCCCC1. The zero-order valence-electron chi connectivity index (χ0n) is 10.5. The van der Waals surface area contributed by atoms with E-state index in [0.717, 1.165) is 51.6 Å². The van der Waals surface area contributed by atoms with Crippen molar-refractivity contribution in [1.29, 1.82) is 0 Å². The van der Waals surface area contributed by atoms with Crippen LogP contribution in [-0.2, 0) is 4.79 Å². The second kappa shape index (κ2) is 6.36. The molecule has 2 N–H and O–H groups in total. The number of likely N-dealkylation sites (tertiary alicyclic amines) is 1. The van der Waals surface area contributed by atoms with Gasteiger partial charge in [-0.1, -0.05) is 0 Å². The molecule has 1 amide bonds. The average molecular weight is 240 g/mol. The van der Waals surface area contributed by atoms with Crippen molar-refractivity contribution in [1.82, 2.24) is 10.2 Å². The minimum atomic E-state index is -0.120. The summed E-state index contributed by atoms with van der Waals surface area (Å²) in [5, 5.41) is 12.7. The summed E-state index contributed by atoms with van der Waals surface area (Å²) in [5.41, 5.74) is 0. The molecule has 1 aliphatic carbocycles. The monoisotopic (exact) mass is 240 g/mol. The quantitative estimate of drug-likeness (QED) is 0.770. The number of piperidine rings is 1. The van der Waals surface area contributed by atoms with Crippen LogP contribution in [0.3, 0.4) is 0 Å². The van der Waals surface area contributed by atoms with E-state index in [4.69, 9.17) is 0 Å². The van der Waals surface area contributed by atoms with Crippen LogP contribution in [0.2, 0.25) is 0 Å². The number of carbonyl (C=O) groups excluding carboxylic acids is 1. The van der Waals surface area contributed by atoms with Gasteiger partial charge in [0.15, 0.2) is 0 Å². The summed E-state index contributed by atoms with van der Waals surface area (Å²) >= 11 is 0. The zero-order chi connectivity index (χ0) is 12.1. The fourth-order valence-corrected chi connectivity index (χ4v) is 2.77. The van der Waals surface area contributed by atoms with Gasteiger partial charge in [0.2, 0.25) is 5.91 Å². The van der Waals surface area contributed by atoms with Crippen LogP contribution in [0.5, 0.6) is 0 Å². The molecule has 98 valence electrons. The number of aliphatic hydroxyl groups excluding tert-OH is 1. The number of carbonyl (C=O) groups is 1. The predicted octanol–water partition coefficient (Wildman–Crippen LogP) is 0.892. The Morgan fingerprint density at radius 3 is 2.41 bits per heavy atom. The normalized spacial score (nSPS) is 30.3. The number of aliphatic hydroxyl groups is 1. The highest BCUT2D eigenvalue weighted by atomic mass is 16.3. The Balaban J connectivity index is 1.65. The Morgan fingerprint density at radius 1 is 1.12 bits per heavy atom. The number of nitrogens with one attached hydrogen (secondary N) is 1. The van der Waals surface area contributed by atoms with Gasteiger partial charge in [0.25, 0.3) is 0 Å². The summed E-state index contributed by atoms with van der Waals surface area (Å²) in [4.78, 5) is 13.9. The number of nitrogens with zero attached hydrogens (tertiary/aromatic N) is 1. The smallest absolute Gasteiger partial charge is 0.236 e. The highest BCUT2D eigenvalue weighted by molar-refractivity contribution is 5.78. The molecule has 0 aromatic carbocycles. The van der Waals surface area contributed by atoms with Crippen molar-refractivity contribution in [2.75, 3.05) is 19.6 Å². The molecule has 0 radical (unpaired) electrons. The van der Waals surface area contributed by atoms with E-state index in [9.17, 15) is 9.90 Å². The molecular formula is C13H24N2O2. The van der Waals surface area contributed by atoms with Crippen LogP contribution in [0, 0.1) is 0 Å². The van der Waals surface area contributed by atoms with Crippen molar-refractivity contribution in [2.45, 2.75) is 57.1 Å². The molecule has 0 spiro atoms. The fourth-order valence-electron chi connectivity index (χ4n) is 2.77. The van der Waals surface area contributed by atoms with Gasteiger partial charge in [-0.15, -0.1) is 0 Å². The summed E-state index contributed by atoms with van der Waals surface area (Å²) in [6.07, 6.45) is 7.18. The Morgan fingerprint density at radius 2 is 1.76 bits per heavy atom. The van der Waals surface area contributed by atoms with Gasteiger partial charge >= 0.3 is 0 Å². The van der Waals surface area contributed by atoms with E-state index < -0.39 is 0 Å². The molecule has 1 aliphatic heterocycles. The Kier molecular flexibility index (Phi) is 4.80. The minimum Gasteiger partial charge on any atom is -0.393 e. The van der Waals surface area contributed by atoms with Gasteiger partial charge in [-0.2, -0.15) is 0 Å². The Hall–Kier alpha value is -0.610. The van der Waals surface area contributed by atoms with E-state index in [1.165, 1.54) is 6.42 Å². The Labute approximate surface area is 103 Å². The van der Waals surface area contributed by atoms with Crippen LogP contribution in [0.15, 0.2) is 0 Å². The largest absolute Gasteiger partial charge is 0.393 e. The van der Waals surface area contributed by atoms with Crippen LogP contribution in [-0.4, -0.2) is 47.7 Å². The van der Waals surface area contributed by atoms with Crippen LogP contribution >= 0.6 is 0 Å². The van der Waals surface area contributed by atoms with Gasteiger partial charge in [0.1, 0.15) is 0 Å². The van der Waals surface area contributed by atoms with E-state index in [1.54, 1.807) is 0 Å². The third-order valence-electron chi connectivity index (χ3n) is 3.95. The van der Waals surface area contributed by atoms with Crippen LogP contribution in [0.25, 0.3) is 0 Å². The number of hydrogen-bond donors (Lipinski definition) is 2. The van der Waals surface area contributed by atoms with Crippen molar-refractivity contribution in [3.05, 3.63) is 0 Å². The van der Waals surface area contributed by atoms with Crippen molar-refractivity contribution in [3.8, 4) is 0 Å². The number of hydrogen-bond acceptors (Lipinski definition) is 3. The maximum absolute atomic E-state index is 11.9. The van der Waals surface area contributed by atoms with E-state index >= 15 is 0 Å². The predicted molar refractivity (Wildman–Crippen MR) is 66.7 cm³/mol. The van der Waals surface area contributed by atoms with E-state index in [0.29, 0.717) is 12.6 Å². The molecule has 1 heterocycles. The van der Waals surface area contributed by atoms with Crippen LogP contribution in [0.1, 0.15) is 44.9 Å². The van der Waals surface area contributed by atoms with E-state index in [-0.39, 0.29) is 12.0 Å². The standard InChI is InChI=1S/C13H24N2O2/c16-12-6-4-11(5-7-12)14-10-13(17)15-8-2-1-3-9-15/h11-12,14,16H,1-10H2. The molecule has 2 fully saturated rings. The molecule has 0 unspecified atom stereocenters. The van der Waals surface area contributed by atoms with Crippen molar-refractivity contribution < 1.29 is 9.90 Å². The lowest BCUT2D eigenvalue weighted by atomic mass is 9.93. The molecule has 0 aromatic rings. The molecule has 17 heavy (non-hydrogen) atoms. The molecule has 0 aromatic heterocycles. The lowest BCUT2D eigenvalue weighted by Gasteiger charge is -2.29. The third-order valence-corrected chi connectivity index (χ3v) is 3.95. The maximum Gasteiger partial charge on any atom is 0.236 e. The molecule has 1 saturated heterocycles. The van der Waals surface area contributed by atoms with E-state index in [1.807, 2.05) is 4.90 Å². The van der Waals surface area contributed by atoms with Crippen LogP contribution < -0.4 is 5.32 Å². The average Bonchev–Trinajstić information content (AvgIpc) is 2.39. The first-order chi connectivity index (χ1) is 8.25. The second-order valence-corrected chi connectivity index (χ2v) is 5.33. The lowest BCUT2D eigenvalue weighted by Crippen LogP contribution is -2.44. The first kappa shape index (κ1) is 12.8. The van der Waals surface area contributed by atoms with Gasteiger partial charge < -0.3 is 15.3 Å². The number of amides is 1. The van der Waals surface area contributed by atoms with Gasteiger partial charge in [-0.3, -0.25) is 4.79 Å². The lowest BCUT2D eigenvalue weighted by molar-refractivity contribution is -0.131. The molecule has 2 rings (SSSR count). The highest BCUT2D eigenvalue weighted by Crippen LogP contribution is 2.18. The van der Waals surface area contributed by atoms with Crippen molar-refractivity contribution in [2.24, 2.45) is 0 Å². The second-order valence-electron chi connectivity index (χ2n) is 5.33. The summed E-state index contributed by atoms with van der Waals surface area (Å²) in [6.45, 7) is 2.34. The van der Waals surface area contributed by atoms with Crippen molar-refractivity contribution >= 4 is 5.91 Å². The minimum absolute atomic E-state index is 0.120. The molecule has 1 saturated carbocycles. The summed E-state index contributed by atoms with van der Waals surface area (Å²) < 4.78 is 0. The maximum atomic E-state index is 11.9. The third kappa shape index (κ3) is 3.96. The van der Waals surface area contributed by atoms with Gasteiger partial charge in [0, 0.05) is 19.1 Å². The first-order valence-corrected chi connectivity index (χ1v) is 6.95. The molecule has 0 bridgehead atoms.